The molecule has 4 nitrogen and oxygen atoms in total. The molecule has 0 radical (unpaired) electrons. The quantitative estimate of drug-likeness (QED) is 0.857. The summed E-state index contributed by atoms with van der Waals surface area (Å²) in [6.07, 6.45) is -4.90. The third kappa shape index (κ3) is 2.99. The molecule has 1 heterocycles. The molecule has 0 aliphatic rings. The van der Waals surface area contributed by atoms with Gasteiger partial charge in [-0.3, -0.25) is 0 Å². The van der Waals surface area contributed by atoms with Crippen molar-refractivity contribution >= 4 is 21.7 Å². The summed E-state index contributed by atoms with van der Waals surface area (Å²) in [7, 11) is 0. The molecule has 0 saturated carbocycles. The van der Waals surface area contributed by atoms with Crippen LogP contribution in [0.4, 0.5) is 19.0 Å². The molecule has 0 unspecified atom stereocenters. The molecule has 2 N–H and O–H groups in total. The molecular formula is C7H3BrF3N3O. The van der Waals surface area contributed by atoms with Crippen molar-refractivity contribution in [2.24, 2.45) is 0 Å². The average Bonchev–Trinajstić information content (AvgIpc) is 2.08. The van der Waals surface area contributed by atoms with Crippen molar-refractivity contribution in [2.75, 3.05) is 5.73 Å². The van der Waals surface area contributed by atoms with Crippen LogP contribution in [0.15, 0.2) is 10.5 Å². The van der Waals surface area contributed by atoms with Gasteiger partial charge in [-0.25, -0.2) is 0 Å². The SMILES string of the molecule is N#Cc1cc(Br)c(N)nc1OC(F)(F)F. The van der Waals surface area contributed by atoms with Crippen molar-refractivity contribution in [2.45, 2.75) is 6.36 Å². The summed E-state index contributed by atoms with van der Waals surface area (Å²) in [5.41, 5.74) is 4.90. The second kappa shape index (κ2) is 3.94. The average molecular weight is 282 g/mol. The number of nitrogens with two attached hydrogens (primary N) is 1. The normalized spacial score (nSPS) is 10.9. The van der Waals surface area contributed by atoms with Gasteiger partial charge in [0.2, 0.25) is 5.88 Å². The van der Waals surface area contributed by atoms with Crippen LogP contribution in [-0.2, 0) is 0 Å². The zero-order chi connectivity index (χ0) is 11.6. The molecule has 1 aromatic heterocycles. The van der Waals surface area contributed by atoms with Gasteiger partial charge in [0.05, 0.1) is 4.47 Å². The molecule has 0 saturated heterocycles. The monoisotopic (exact) mass is 281 g/mol. The fourth-order valence-corrected chi connectivity index (χ4v) is 1.07. The maximum absolute atomic E-state index is 11.9. The van der Waals surface area contributed by atoms with Crippen LogP contribution in [0.5, 0.6) is 5.88 Å². The number of hydrogen-bond donors (Lipinski definition) is 1. The third-order valence-electron chi connectivity index (χ3n) is 1.30. The molecule has 0 spiro atoms. The number of hydrogen-bond acceptors (Lipinski definition) is 4. The molecule has 0 aliphatic carbocycles. The molecular weight excluding hydrogens is 279 g/mol. The van der Waals surface area contributed by atoms with Gasteiger partial charge in [0.1, 0.15) is 17.5 Å². The number of aromatic nitrogens is 1. The van der Waals surface area contributed by atoms with Gasteiger partial charge in [0.15, 0.2) is 0 Å². The van der Waals surface area contributed by atoms with Crippen molar-refractivity contribution in [3.05, 3.63) is 16.1 Å². The van der Waals surface area contributed by atoms with Crippen LogP contribution in [0.1, 0.15) is 5.56 Å². The number of halogens is 4. The minimum Gasteiger partial charge on any atom is -0.386 e. The summed E-state index contributed by atoms with van der Waals surface area (Å²) in [4.78, 5) is 3.30. The van der Waals surface area contributed by atoms with Gasteiger partial charge in [-0.1, -0.05) is 0 Å². The second-order valence-electron chi connectivity index (χ2n) is 2.37. The van der Waals surface area contributed by atoms with Crippen molar-refractivity contribution in [3.63, 3.8) is 0 Å². The molecule has 0 atom stereocenters. The lowest BCUT2D eigenvalue weighted by Gasteiger charge is -2.09. The molecule has 1 aromatic rings. The van der Waals surface area contributed by atoms with E-state index in [1.165, 1.54) is 6.07 Å². The lowest BCUT2D eigenvalue weighted by atomic mass is 10.3. The highest BCUT2D eigenvalue weighted by atomic mass is 79.9. The topological polar surface area (TPSA) is 71.9 Å². The van der Waals surface area contributed by atoms with E-state index in [1.54, 1.807) is 0 Å². The number of alkyl halides is 3. The minimum atomic E-state index is -4.90. The first-order valence-corrected chi connectivity index (χ1v) is 4.24. The minimum absolute atomic E-state index is 0.187. The Morgan fingerprint density at radius 1 is 1.53 bits per heavy atom. The Labute approximate surface area is 90.6 Å². The number of anilines is 1. The summed E-state index contributed by atoms with van der Waals surface area (Å²) < 4.78 is 39.4. The fraction of sp³-hybridized carbons (Fsp3) is 0.143. The van der Waals surface area contributed by atoms with Crippen LogP contribution >= 0.6 is 15.9 Å². The molecule has 8 heteroatoms. The highest BCUT2D eigenvalue weighted by Gasteiger charge is 2.33. The van der Waals surface area contributed by atoms with Crippen molar-refractivity contribution < 1.29 is 17.9 Å². The van der Waals surface area contributed by atoms with Gasteiger partial charge in [-0.15, -0.1) is 13.2 Å². The molecule has 0 amide bonds. The summed E-state index contributed by atoms with van der Waals surface area (Å²) in [5.74, 6) is -1.04. The lowest BCUT2D eigenvalue weighted by Crippen LogP contribution is -2.19. The van der Waals surface area contributed by atoms with Crippen molar-refractivity contribution in [3.8, 4) is 11.9 Å². The summed E-state index contributed by atoms with van der Waals surface area (Å²) >= 11 is 2.93. The largest absolute Gasteiger partial charge is 0.574 e. The predicted molar refractivity (Wildman–Crippen MR) is 47.7 cm³/mol. The van der Waals surface area contributed by atoms with E-state index >= 15 is 0 Å². The molecule has 0 fully saturated rings. The van der Waals surface area contributed by atoms with Crippen LogP contribution in [-0.4, -0.2) is 11.3 Å². The number of nitrogens with zero attached hydrogens (tertiary/aromatic N) is 2. The molecule has 15 heavy (non-hydrogen) atoms. The maximum Gasteiger partial charge on any atom is 0.574 e. The Kier molecular flexibility index (Phi) is 3.04. The standard InChI is InChI=1S/C7H3BrF3N3O/c8-4-1-3(2-12)6(14-5(4)13)15-7(9,10)11/h1H,(H2,13,14). The van der Waals surface area contributed by atoms with Crippen LogP contribution in [0.25, 0.3) is 0 Å². The van der Waals surface area contributed by atoms with E-state index in [9.17, 15) is 13.2 Å². The van der Waals surface area contributed by atoms with Crippen LogP contribution in [0.2, 0.25) is 0 Å². The van der Waals surface area contributed by atoms with E-state index in [1.807, 2.05) is 0 Å². The summed E-state index contributed by atoms with van der Waals surface area (Å²) in [6, 6.07) is 2.61. The first-order chi connectivity index (χ1) is 6.83. The molecule has 0 aromatic carbocycles. The first kappa shape index (κ1) is 11.6. The maximum atomic E-state index is 11.9. The zero-order valence-electron chi connectivity index (χ0n) is 6.97. The van der Waals surface area contributed by atoms with Gasteiger partial charge >= 0.3 is 6.36 Å². The summed E-state index contributed by atoms with van der Waals surface area (Å²) in [6.45, 7) is 0. The van der Waals surface area contributed by atoms with E-state index in [0.29, 0.717) is 0 Å². The molecule has 0 bridgehead atoms. The van der Waals surface area contributed by atoms with Gasteiger partial charge in [-0.05, 0) is 22.0 Å². The van der Waals surface area contributed by atoms with E-state index in [-0.39, 0.29) is 15.9 Å². The van der Waals surface area contributed by atoms with Crippen LogP contribution in [0.3, 0.4) is 0 Å². The van der Waals surface area contributed by atoms with Gasteiger partial charge < -0.3 is 10.5 Å². The molecule has 1 rings (SSSR count). The number of nitrogen functional groups attached to an aromatic ring is 1. The Bertz CT molecular complexity index is 427. The van der Waals surface area contributed by atoms with Crippen LogP contribution in [0, 0.1) is 11.3 Å². The highest BCUT2D eigenvalue weighted by molar-refractivity contribution is 9.10. The van der Waals surface area contributed by atoms with Crippen LogP contribution < -0.4 is 10.5 Å². The number of pyridine rings is 1. The van der Waals surface area contributed by atoms with Crippen molar-refractivity contribution in [1.29, 1.82) is 5.26 Å². The van der Waals surface area contributed by atoms with Gasteiger partial charge in [0, 0.05) is 0 Å². The Morgan fingerprint density at radius 2 is 2.13 bits per heavy atom. The zero-order valence-corrected chi connectivity index (χ0v) is 8.56. The van der Waals surface area contributed by atoms with Gasteiger partial charge in [0.25, 0.3) is 0 Å². The molecule has 0 aliphatic heterocycles. The van der Waals surface area contributed by atoms with Gasteiger partial charge in [-0.2, -0.15) is 10.2 Å². The third-order valence-corrected chi connectivity index (χ3v) is 1.94. The van der Waals surface area contributed by atoms with E-state index in [2.05, 4.69) is 25.7 Å². The number of nitriles is 1. The predicted octanol–water partition coefficient (Wildman–Crippen LogP) is 2.20. The summed E-state index contributed by atoms with van der Waals surface area (Å²) in [5, 5.41) is 8.53. The Hall–Kier alpha value is -1.49. The Balaban J connectivity index is 3.18. The molecule has 80 valence electrons. The van der Waals surface area contributed by atoms with E-state index in [0.717, 1.165) is 6.07 Å². The van der Waals surface area contributed by atoms with E-state index in [4.69, 9.17) is 11.0 Å². The number of rotatable bonds is 1. The van der Waals surface area contributed by atoms with E-state index < -0.39 is 12.2 Å². The van der Waals surface area contributed by atoms with Crippen molar-refractivity contribution in [1.82, 2.24) is 4.98 Å². The first-order valence-electron chi connectivity index (χ1n) is 3.45. The smallest absolute Gasteiger partial charge is 0.386 e. The number of ether oxygens (including phenoxy) is 1. The fourth-order valence-electron chi connectivity index (χ4n) is 0.753. The Morgan fingerprint density at radius 3 is 2.60 bits per heavy atom. The highest BCUT2D eigenvalue weighted by Crippen LogP contribution is 2.28. The lowest BCUT2D eigenvalue weighted by molar-refractivity contribution is -0.276. The second-order valence-corrected chi connectivity index (χ2v) is 3.22.